The van der Waals surface area contributed by atoms with Crippen LogP contribution in [-0.2, 0) is 5.41 Å². The van der Waals surface area contributed by atoms with Gasteiger partial charge in [0.2, 0.25) is 6.71 Å². The maximum atomic E-state index is 9.10. The number of hydrogen-bond acceptors (Lipinski definition) is 2. The second kappa shape index (κ2) is 19.4. The van der Waals surface area contributed by atoms with E-state index in [4.69, 9.17) is 23.4 Å². The maximum Gasteiger partial charge on any atom is 0.269 e. The Kier molecular flexibility index (Phi) is 9.29. The van der Waals surface area contributed by atoms with Crippen molar-refractivity contribution in [3.63, 3.8) is 0 Å². The van der Waals surface area contributed by atoms with E-state index in [1.54, 1.807) is 27.3 Å². The maximum absolute atomic E-state index is 9.10. The van der Waals surface area contributed by atoms with Crippen molar-refractivity contribution in [2.45, 2.75) is 26.2 Å². The van der Waals surface area contributed by atoms with Crippen molar-refractivity contribution < 1.29 is 23.0 Å². The van der Waals surface area contributed by atoms with E-state index in [1.807, 2.05) is 66.9 Å². The zero-order chi connectivity index (χ0) is 59.9. The minimum atomic E-state index is -0.571. The van der Waals surface area contributed by atoms with Gasteiger partial charge < -0.3 is 4.74 Å². The number of pyridine rings is 1. The van der Waals surface area contributed by atoms with Crippen LogP contribution in [0.25, 0.3) is 83.4 Å². The second-order valence-electron chi connectivity index (χ2n) is 19.8. The summed E-state index contributed by atoms with van der Waals surface area (Å²) in [7, 11) is 0. The molecule has 3 heterocycles. The smallest absolute Gasteiger partial charge is 0.269 e. The normalized spacial score (nSPS) is 13.5. The average Bonchev–Trinajstić information content (AvgIpc) is 1.59. The molecule has 76 heavy (non-hydrogen) atoms. The van der Waals surface area contributed by atoms with Crippen molar-refractivity contribution in [3.8, 4) is 62.1 Å². The van der Waals surface area contributed by atoms with Gasteiger partial charge in [0.25, 0.3) is 6.33 Å². The Hall–Kier alpha value is -9.52. The van der Waals surface area contributed by atoms with E-state index in [0.717, 1.165) is 44.3 Å². The second-order valence-corrected chi connectivity index (χ2v) is 19.8. The number of hydrogen-bond donors (Lipinski definition) is 0. The molecular formula is C70H53BN4O. The number of para-hydroxylation sites is 3. The summed E-state index contributed by atoms with van der Waals surface area (Å²) < 4.78 is 100. The van der Waals surface area contributed by atoms with Crippen molar-refractivity contribution in [2.75, 3.05) is 0 Å². The van der Waals surface area contributed by atoms with Gasteiger partial charge in [-0.1, -0.05) is 237 Å². The molecule has 5 nitrogen and oxygen atoms in total. The van der Waals surface area contributed by atoms with Gasteiger partial charge in [-0.05, 0) is 99.0 Å². The van der Waals surface area contributed by atoms with E-state index in [-0.39, 0.29) is 40.1 Å². The molecule has 0 bridgehead atoms. The quantitative estimate of drug-likeness (QED) is 0.0735. The predicted molar refractivity (Wildman–Crippen MR) is 315 cm³/mol. The molecule has 0 aliphatic carbocycles. The first-order valence-corrected chi connectivity index (χ1v) is 25.2. The molecule has 13 aromatic rings. The average molecular weight is 987 g/mol. The van der Waals surface area contributed by atoms with Crippen LogP contribution in [-0.4, -0.2) is 20.8 Å². The summed E-state index contributed by atoms with van der Waals surface area (Å²) in [6.07, 6.45) is 5.34. The van der Waals surface area contributed by atoms with Crippen LogP contribution in [0, 0.1) is 6.33 Å². The molecule has 0 spiro atoms. The van der Waals surface area contributed by atoms with Gasteiger partial charge in [-0.25, -0.2) is 4.98 Å². The van der Waals surface area contributed by atoms with Crippen LogP contribution >= 0.6 is 0 Å². The van der Waals surface area contributed by atoms with Gasteiger partial charge in [0.05, 0.1) is 47.1 Å². The molecule has 10 aromatic carbocycles. The van der Waals surface area contributed by atoms with Gasteiger partial charge >= 0.3 is 0 Å². The van der Waals surface area contributed by atoms with E-state index < -0.39 is 60.4 Å². The van der Waals surface area contributed by atoms with E-state index >= 15 is 0 Å². The minimum absolute atomic E-state index is 0.0110. The van der Waals surface area contributed by atoms with E-state index in [0.29, 0.717) is 28.2 Å². The molecule has 0 N–H and O–H groups in total. The highest BCUT2D eigenvalue weighted by Crippen LogP contribution is 2.39. The van der Waals surface area contributed by atoms with Gasteiger partial charge in [-0.3, -0.25) is 13.7 Å². The van der Waals surface area contributed by atoms with Crippen LogP contribution in [0.4, 0.5) is 0 Å². The molecule has 0 unspecified atom stereocenters. The molecule has 0 saturated carbocycles. The lowest BCUT2D eigenvalue weighted by Crippen LogP contribution is -2.52. The van der Waals surface area contributed by atoms with Crippen LogP contribution in [0.5, 0.6) is 11.5 Å². The van der Waals surface area contributed by atoms with Gasteiger partial charge in [0.1, 0.15) is 17.3 Å². The highest BCUT2D eigenvalue weighted by molar-refractivity contribution is 6.96. The molecule has 0 aliphatic heterocycles. The lowest BCUT2D eigenvalue weighted by molar-refractivity contribution is -0.571. The molecule has 0 radical (unpaired) electrons. The van der Waals surface area contributed by atoms with E-state index in [1.165, 1.54) is 16.4 Å². The summed E-state index contributed by atoms with van der Waals surface area (Å²) in [5.74, 6) is 1.83. The SMILES string of the molecule is [2H]c1c([2H])c([2H])c(-c2cccc(-c3c([2H])c([2H])c([2H])c([2H])c3[2H])c2-[n+]2[c-]n(-c3cccc(Oc4ccc5c6cc(-c7ccccc7B(c7ccccc7)c7ccccc7)ccc6n(-c6cc(C(C)(C)C)ccn6)c5c4)c3)c3ccccc32)c([2H])c1[2H]. The number of fused-ring (bicyclic) bond motifs is 4. The Bertz CT molecular complexity index is 4680. The molecule has 6 heteroatoms. The summed E-state index contributed by atoms with van der Waals surface area (Å²) in [6, 6.07) is 61.4. The lowest BCUT2D eigenvalue weighted by atomic mass is 9.36. The third kappa shape index (κ3) is 8.54. The number of imidazole rings is 1. The van der Waals surface area contributed by atoms with Crippen molar-refractivity contribution in [3.05, 3.63) is 279 Å². The van der Waals surface area contributed by atoms with Gasteiger partial charge in [-0.15, -0.1) is 0 Å². The van der Waals surface area contributed by atoms with Crippen molar-refractivity contribution in [2.24, 2.45) is 0 Å². The topological polar surface area (TPSA) is 35.9 Å². The third-order valence-corrected chi connectivity index (χ3v) is 14.1. The van der Waals surface area contributed by atoms with Crippen LogP contribution in [0.1, 0.15) is 40.0 Å². The number of nitrogens with zero attached hydrogens (tertiary/aromatic N) is 4. The lowest BCUT2D eigenvalue weighted by Gasteiger charge is -2.20. The van der Waals surface area contributed by atoms with E-state index in [9.17, 15) is 0 Å². The largest absolute Gasteiger partial charge is 0.458 e. The predicted octanol–water partition coefficient (Wildman–Crippen LogP) is 14.8. The van der Waals surface area contributed by atoms with Crippen molar-refractivity contribution in [1.29, 1.82) is 0 Å². The number of aromatic nitrogens is 4. The minimum Gasteiger partial charge on any atom is -0.458 e. The molecule has 0 fully saturated rings. The first-order chi connectivity index (χ1) is 41.5. The summed E-state index contributed by atoms with van der Waals surface area (Å²) in [6.45, 7) is 6.57. The standard InChI is InChI=1S/C70H53BN4O/c1-70(2,3)52-42-43-72-68(45-52)75-64-41-38-51(58-32-16-17-35-63(58)71(53-26-12-6-13-27-53)54-28-14-7-15-29-54)44-62(64)61-40-39-57(47-67(61)75)76-56-31-20-30-55(46-56)73-48-74(66-37-19-18-36-65(66)73)69-59(49-22-8-4-9-23-49)33-21-34-60(69)50-24-10-5-11-25-50/h4-47H,1-3H3/i4D,5D,8D,9D,10D,11D,22D,23D,24D,25D. The van der Waals surface area contributed by atoms with Crippen molar-refractivity contribution >= 4 is 55.9 Å². The summed E-state index contributed by atoms with van der Waals surface area (Å²) >= 11 is 0. The molecule has 0 atom stereocenters. The van der Waals surface area contributed by atoms with Crippen LogP contribution < -0.4 is 25.7 Å². The fraction of sp³-hybridized carbons (Fsp3) is 0.0571. The monoisotopic (exact) mass is 986 g/mol. The molecule has 0 saturated heterocycles. The van der Waals surface area contributed by atoms with Crippen molar-refractivity contribution in [1.82, 2.24) is 14.1 Å². The Labute approximate surface area is 458 Å². The first kappa shape index (κ1) is 36.4. The Balaban J connectivity index is 0.951. The molecule has 3 aromatic heterocycles. The van der Waals surface area contributed by atoms with Gasteiger partial charge in [-0.2, -0.15) is 0 Å². The van der Waals surface area contributed by atoms with Crippen LogP contribution in [0.2, 0.25) is 0 Å². The summed E-state index contributed by atoms with van der Waals surface area (Å²) in [4.78, 5) is 5.00. The number of rotatable bonds is 11. The van der Waals surface area contributed by atoms with Gasteiger partial charge in [0, 0.05) is 23.0 Å². The zero-order valence-electron chi connectivity index (χ0n) is 51.9. The Morgan fingerprint density at radius 2 is 1.14 bits per heavy atom. The fourth-order valence-electron chi connectivity index (χ4n) is 10.5. The molecule has 362 valence electrons. The number of ether oxygens (including phenoxy) is 1. The third-order valence-electron chi connectivity index (χ3n) is 14.1. The Morgan fingerprint density at radius 3 is 1.86 bits per heavy atom. The van der Waals surface area contributed by atoms with Gasteiger partial charge in [0.15, 0.2) is 0 Å². The Morgan fingerprint density at radius 1 is 0.513 bits per heavy atom. The molecular weight excluding hydrogens is 924 g/mol. The first-order valence-electron chi connectivity index (χ1n) is 30.2. The molecule has 0 aliphatic rings. The highest BCUT2D eigenvalue weighted by atomic mass is 16.5. The molecule has 13 rings (SSSR count). The van der Waals surface area contributed by atoms with Crippen LogP contribution in [0.15, 0.2) is 267 Å². The zero-order valence-corrected chi connectivity index (χ0v) is 41.9. The number of benzene rings is 10. The summed E-state index contributed by atoms with van der Waals surface area (Å²) in [5.41, 5.74) is 10.7. The highest BCUT2D eigenvalue weighted by Gasteiger charge is 2.26. The van der Waals surface area contributed by atoms with Crippen LogP contribution in [0.3, 0.4) is 0 Å². The fourth-order valence-corrected chi connectivity index (χ4v) is 10.5. The summed E-state index contributed by atoms with van der Waals surface area (Å²) in [5, 5.41) is 2.06. The molecule has 0 amide bonds. The van der Waals surface area contributed by atoms with E-state index in [2.05, 4.69) is 153 Å².